The Morgan fingerprint density at radius 3 is 2.76 bits per heavy atom. The Labute approximate surface area is 194 Å². The summed E-state index contributed by atoms with van der Waals surface area (Å²) >= 11 is 1.17. The molecule has 4 rings (SSSR count). The van der Waals surface area contributed by atoms with Gasteiger partial charge in [0.2, 0.25) is 10.0 Å². The summed E-state index contributed by atoms with van der Waals surface area (Å²) in [6.45, 7) is 3.75. The van der Waals surface area contributed by atoms with Crippen molar-refractivity contribution < 1.29 is 17.2 Å². The average Bonchev–Trinajstić information content (AvgIpc) is 3.19. The van der Waals surface area contributed by atoms with E-state index < -0.39 is 33.6 Å². The Kier molecular flexibility index (Phi) is 6.47. The van der Waals surface area contributed by atoms with Crippen LogP contribution in [0.2, 0.25) is 0 Å². The minimum absolute atomic E-state index is 0.0601. The molecule has 176 valence electrons. The van der Waals surface area contributed by atoms with Gasteiger partial charge in [0.05, 0.1) is 24.0 Å². The number of sulfonamides is 1. The molecular weight excluding hydrogens is 470 g/mol. The van der Waals surface area contributed by atoms with Gasteiger partial charge >= 0.3 is 0 Å². The number of halogens is 2. The van der Waals surface area contributed by atoms with Crippen molar-refractivity contribution >= 4 is 21.4 Å². The van der Waals surface area contributed by atoms with Crippen LogP contribution in [-0.4, -0.2) is 35.3 Å². The molecule has 7 nitrogen and oxygen atoms in total. The summed E-state index contributed by atoms with van der Waals surface area (Å²) in [6.07, 6.45) is 3.83. The maximum absolute atomic E-state index is 14.2. The summed E-state index contributed by atoms with van der Waals surface area (Å²) in [5.41, 5.74) is 1.55. The molecule has 2 heterocycles. The molecule has 0 radical (unpaired) electrons. The molecule has 2 atom stereocenters. The molecule has 3 aromatic rings. The summed E-state index contributed by atoms with van der Waals surface area (Å²) in [5.74, 6) is -2.42. The largest absolute Gasteiger partial charge is 0.296 e. The molecule has 1 aliphatic rings. The Hall–Kier alpha value is -2.50. The molecule has 0 bridgehead atoms. The van der Waals surface area contributed by atoms with Gasteiger partial charge in [-0.25, -0.2) is 31.9 Å². The van der Waals surface area contributed by atoms with Crippen molar-refractivity contribution in [2.45, 2.75) is 51.1 Å². The average molecular weight is 495 g/mol. The van der Waals surface area contributed by atoms with E-state index in [9.17, 15) is 22.0 Å². The Morgan fingerprint density at radius 1 is 1.30 bits per heavy atom. The highest BCUT2D eigenvalue weighted by Crippen LogP contribution is 2.34. The van der Waals surface area contributed by atoms with Crippen molar-refractivity contribution in [3.05, 3.63) is 68.8 Å². The maximum atomic E-state index is 14.2. The van der Waals surface area contributed by atoms with Gasteiger partial charge in [0.15, 0.2) is 11.6 Å². The van der Waals surface area contributed by atoms with E-state index in [1.807, 2.05) is 13.8 Å². The highest BCUT2D eigenvalue weighted by molar-refractivity contribution is 7.88. The van der Waals surface area contributed by atoms with E-state index in [0.29, 0.717) is 34.8 Å². The topological polar surface area (TPSA) is 93.9 Å². The number of fused-ring (bicyclic) bond motifs is 1. The standard InChI is InChI=1S/C22H24F2N4O3S2/c1-12(2)28-11-25-18-8-7-17(27-33(3,30)31)15(19(18)22(28)29)9-13-10-32-21(26-13)14-5-4-6-16(23)20(14)24/h4-6,10-12,15,17,27H,7-9H2,1-3H3/t15-,17-/m0/s1. The van der Waals surface area contributed by atoms with Crippen molar-refractivity contribution in [1.29, 1.82) is 0 Å². The quantitative estimate of drug-likeness (QED) is 0.567. The van der Waals surface area contributed by atoms with Crippen LogP contribution in [0.25, 0.3) is 10.6 Å². The van der Waals surface area contributed by atoms with E-state index in [-0.39, 0.29) is 23.6 Å². The third kappa shape index (κ3) is 4.90. The number of aryl methyl sites for hydroxylation is 1. The van der Waals surface area contributed by atoms with Gasteiger partial charge in [-0.2, -0.15) is 0 Å². The van der Waals surface area contributed by atoms with Crippen molar-refractivity contribution in [2.24, 2.45) is 0 Å². The van der Waals surface area contributed by atoms with E-state index in [2.05, 4.69) is 14.7 Å². The van der Waals surface area contributed by atoms with E-state index in [0.717, 1.165) is 12.3 Å². The highest BCUT2D eigenvalue weighted by atomic mass is 32.2. The fraction of sp³-hybridized carbons (Fsp3) is 0.409. The van der Waals surface area contributed by atoms with E-state index in [4.69, 9.17) is 0 Å². The Morgan fingerprint density at radius 2 is 2.06 bits per heavy atom. The highest BCUT2D eigenvalue weighted by Gasteiger charge is 2.35. The first-order valence-electron chi connectivity index (χ1n) is 10.5. The fourth-order valence-electron chi connectivity index (χ4n) is 4.23. The third-order valence-electron chi connectivity index (χ3n) is 5.75. The second-order valence-corrected chi connectivity index (χ2v) is 11.1. The maximum Gasteiger partial charge on any atom is 0.257 e. The van der Waals surface area contributed by atoms with Crippen LogP contribution in [0, 0.1) is 11.6 Å². The van der Waals surface area contributed by atoms with Gasteiger partial charge in [-0.3, -0.25) is 9.36 Å². The normalized spacial score (nSPS) is 18.5. The molecule has 1 aromatic carbocycles. The first kappa shape index (κ1) is 23.7. The number of benzene rings is 1. The molecule has 0 saturated carbocycles. The number of hydrogen-bond donors (Lipinski definition) is 1. The lowest BCUT2D eigenvalue weighted by Gasteiger charge is -2.32. The third-order valence-corrected chi connectivity index (χ3v) is 7.40. The molecule has 33 heavy (non-hydrogen) atoms. The van der Waals surface area contributed by atoms with E-state index in [1.165, 1.54) is 34.4 Å². The van der Waals surface area contributed by atoms with Gasteiger partial charge in [0.25, 0.3) is 5.56 Å². The molecule has 0 amide bonds. The van der Waals surface area contributed by atoms with Gasteiger partial charge < -0.3 is 0 Å². The van der Waals surface area contributed by atoms with Crippen LogP contribution in [-0.2, 0) is 22.9 Å². The van der Waals surface area contributed by atoms with Crippen LogP contribution >= 0.6 is 11.3 Å². The molecule has 0 spiro atoms. The van der Waals surface area contributed by atoms with Crippen LogP contribution in [0.4, 0.5) is 8.78 Å². The predicted molar refractivity (Wildman–Crippen MR) is 123 cm³/mol. The number of aromatic nitrogens is 3. The van der Waals surface area contributed by atoms with Gasteiger partial charge in [-0.05, 0) is 45.2 Å². The fourth-order valence-corrected chi connectivity index (χ4v) is 5.91. The number of nitrogens with one attached hydrogen (secondary N) is 1. The summed E-state index contributed by atoms with van der Waals surface area (Å²) in [4.78, 5) is 22.3. The Bertz CT molecular complexity index is 1350. The molecule has 2 aromatic heterocycles. The molecule has 1 aliphatic carbocycles. The van der Waals surface area contributed by atoms with Gasteiger partial charge in [0, 0.05) is 34.5 Å². The first-order valence-corrected chi connectivity index (χ1v) is 13.3. The Balaban J connectivity index is 1.76. The second-order valence-electron chi connectivity index (χ2n) is 8.50. The molecule has 0 saturated heterocycles. The number of rotatable bonds is 6. The summed E-state index contributed by atoms with van der Waals surface area (Å²) in [6, 6.07) is 3.29. The smallest absolute Gasteiger partial charge is 0.257 e. The molecule has 11 heteroatoms. The molecular formula is C22H24F2N4O3S2. The van der Waals surface area contributed by atoms with Gasteiger partial charge in [-0.15, -0.1) is 11.3 Å². The van der Waals surface area contributed by atoms with Gasteiger partial charge in [0.1, 0.15) is 5.01 Å². The van der Waals surface area contributed by atoms with E-state index >= 15 is 0 Å². The SMILES string of the molecule is CC(C)n1cnc2c(c1=O)[C@@H](Cc1csc(-c3cccc(F)c3F)n1)[C@@H](NS(C)(=O)=O)CC2. The van der Waals surface area contributed by atoms with Crippen molar-refractivity contribution in [1.82, 2.24) is 19.3 Å². The van der Waals surface area contributed by atoms with Gasteiger partial charge in [-0.1, -0.05) is 6.07 Å². The van der Waals surface area contributed by atoms with Crippen LogP contribution < -0.4 is 10.3 Å². The molecule has 0 unspecified atom stereocenters. The minimum atomic E-state index is -3.53. The minimum Gasteiger partial charge on any atom is -0.296 e. The van der Waals surface area contributed by atoms with Crippen molar-refractivity contribution in [3.8, 4) is 10.6 Å². The zero-order chi connectivity index (χ0) is 23.9. The number of hydrogen-bond acceptors (Lipinski definition) is 6. The molecule has 1 N–H and O–H groups in total. The lowest BCUT2D eigenvalue weighted by Crippen LogP contribution is -2.45. The summed E-state index contributed by atoms with van der Waals surface area (Å²) in [5, 5.41) is 2.04. The van der Waals surface area contributed by atoms with Crippen molar-refractivity contribution in [3.63, 3.8) is 0 Å². The van der Waals surface area contributed by atoms with Crippen LogP contribution in [0.1, 0.15) is 49.2 Å². The monoisotopic (exact) mass is 494 g/mol. The lowest BCUT2D eigenvalue weighted by atomic mass is 9.80. The van der Waals surface area contributed by atoms with E-state index in [1.54, 1.807) is 5.38 Å². The second kappa shape index (κ2) is 9.03. The summed E-state index contributed by atoms with van der Waals surface area (Å²) < 4.78 is 56.1. The molecule has 0 aliphatic heterocycles. The van der Waals surface area contributed by atoms with Crippen LogP contribution in [0.3, 0.4) is 0 Å². The van der Waals surface area contributed by atoms with Crippen LogP contribution in [0.15, 0.2) is 34.7 Å². The van der Waals surface area contributed by atoms with Crippen LogP contribution in [0.5, 0.6) is 0 Å². The predicted octanol–water partition coefficient (Wildman–Crippen LogP) is 3.42. The number of nitrogens with zero attached hydrogens (tertiary/aromatic N) is 3. The lowest BCUT2D eigenvalue weighted by molar-refractivity contribution is 0.411. The zero-order valence-corrected chi connectivity index (χ0v) is 20.0. The number of thiazole rings is 1. The molecule has 0 fully saturated rings. The van der Waals surface area contributed by atoms with Crippen molar-refractivity contribution in [2.75, 3.05) is 6.26 Å². The first-order chi connectivity index (χ1) is 15.5. The summed E-state index contributed by atoms with van der Waals surface area (Å²) in [7, 11) is -3.53. The zero-order valence-electron chi connectivity index (χ0n) is 18.4.